The highest BCUT2D eigenvalue weighted by molar-refractivity contribution is 6.09. The van der Waals surface area contributed by atoms with E-state index in [1.165, 1.54) is 40.8 Å². The van der Waals surface area contributed by atoms with Crippen molar-refractivity contribution in [3.8, 4) is 0 Å². The molecule has 2 aliphatic carbocycles. The Balaban J connectivity index is 1.91. The van der Waals surface area contributed by atoms with Gasteiger partial charge in [0, 0.05) is 0 Å². The summed E-state index contributed by atoms with van der Waals surface area (Å²) in [5, 5.41) is 5.73. The van der Waals surface area contributed by atoms with E-state index in [-0.39, 0.29) is 0 Å². The molecular weight excluding hydrogens is 228 g/mol. The molecule has 2 unspecified atom stereocenters. The van der Waals surface area contributed by atoms with Gasteiger partial charge in [-0.2, -0.15) is 0 Å². The van der Waals surface area contributed by atoms with Crippen LogP contribution in [0.25, 0.3) is 21.5 Å². The van der Waals surface area contributed by atoms with Crippen molar-refractivity contribution in [2.75, 3.05) is 0 Å². The topological polar surface area (TPSA) is 0 Å². The Labute approximate surface area is 113 Å². The second-order valence-corrected chi connectivity index (χ2v) is 6.09. The quantitative estimate of drug-likeness (QED) is 0.467. The van der Waals surface area contributed by atoms with E-state index in [1.54, 1.807) is 11.1 Å². The van der Waals surface area contributed by atoms with Gasteiger partial charge in [0.2, 0.25) is 0 Å². The van der Waals surface area contributed by atoms with Crippen molar-refractivity contribution in [3.05, 3.63) is 59.7 Å². The molecule has 0 aliphatic heterocycles. The van der Waals surface area contributed by atoms with Gasteiger partial charge in [0.1, 0.15) is 0 Å². The molecule has 3 aromatic rings. The van der Waals surface area contributed by atoms with Crippen molar-refractivity contribution in [3.63, 3.8) is 0 Å². The zero-order valence-electron chi connectivity index (χ0n) is 10.9. The van der Waals surface area contributed by atoms with Gasteiger partial charge >= 0.3 is 0 Å². The highest BCUT2D eigenvalue weighted by Gasteiger charge is 2.41. The average Bonchev–Trinajstić information content (AvgIpc) is 2.86. The van der Waals surface area contributed by atoms with Crippen LogP contribution in [0.5, 0.6) is 0 Å². The first-order valence-corrected chi connectivity index (χ1v) is 7.38. The lowest BCUT2D eigenvalue weighted by atomic mass is 9.68. The number of benzene rings is 3. The molecule has 2 atom stereocenters. The van der Waals surface area contributed by atoms with Gasteiger partial charge < -0.3 is 0 Å². The maximum absolute atomic E-state index is 2.40. The van der Waals surface area contributed by atoms with Crippen molar-refractivity contribution in [2.45, 2.75) is 31.1 Å². The lowest BCUT2D eigenvalue weighted by Crippen LogP contribution is -2.19. The summed E-state index contributed by atoms with van der Waals surface area (Å²) in [6, 6.07) is 18.1. The molecule has 0 aromatic heterocycles. The van der Waals surface area contributed by atoms with Crippen molar-refractivity contribution < 1.29 is 0 Å². The van der Waals surface area contributed by atoms with Crippen molar-refractivity contribution in [1.29, 1.82) is 0 Å². The molecule has 1 fully saturated rings. The molecule has 0 heterocycles. The van der Waals surface area contributed by atoms with E-state index < -0.39 is 0 Å². The Morgan fingerprint density at radius 3 is 2.53 bits per heavy atom. The first kappa shape index (κ1) is 10.0. The second kappa shape index (κ2) is 3.39. The van der Waals surface area contributed by atoms with E-state index >= 15 is 0 Å². The molecule has 0 spiro atoms. The Morgan fingerprint density at radius 1 is 0.684 bits per heavy atom. The van der Waals surface area contributed by atoms with Crippen molar-refractivity contribution in [1.82, 2.24) is 0 Å². The van der Waals surface area contributed by atoms with E-state index in [9.17, 15) is 0 Å². The molecule has 0 bridgehead atoms. The maximum Gasteiger partial charge on any atom is -0.00840 e. The number of fused-ring (bicyclic) bond motifs is 8. The molecular formula is C19H16. The molecule has 2 aliphatic rings. The molecule has 1 saturated carbocycles. The molecule has 0 nitrogen and oxygen atoms in total. The standard InChI is InChI=1S/C19H16/c1-2-5-13-12(4-1)8-9-17-15(13)10-11-18-14-6-3-7-16(14)19(17)18/h1-2,4-5,8-11,14,16H,3,6-7H2. The molecule has 0 saturated heterocycles. The molecule has 3 aromatic carbocycles. The third-order valence-corrected chi connectivity index (χ3v) is 5.29. The smallest absolute Gasteiger partial charge is 0.00840 e. The second-order valence-electron chi connectivity index (χ2n) is 6.09. The molecule has 19 heavy (non-hydrogen) atoms. The molecule has 5 rings (SSSR count). The fraction of sp³-hybridized carbons (Fsp3) is 0.263. The Bertz CT molecular complexity index is 813. The maximum atomic E-state index is 2.40. The Morgan fingerprint density at radius 2 is 1.53 bits per heavy atom. The summed E-state index contributed by atoms with van der Waals surface area (Å²) >= 11 is 0. The first-order chi connectivity index (χ1) is 9.43. The summed E-state index contributed by atoms with van der Waals surface area (Å²) < 4.78 is 0. The van der Waals surface area contributed by atoms with Gasteiger partial charge in [-0.25, -0.2) is 0 Å². The number of hydrogen-bond donors (Lipinski definition) is 0. The zero-order chi connectivity index (χ0) is 12.4. The van der Waals surface area contributed by atoms with Crippen LogP contribution in [0.3, 0.4) is 0 Å². The van der Waals surface area contributed by atoms with E-state index in [4.69, 9.17) is 0 Å². The summed E-state index contributed by atoms with van der Waals surface area (Å²) in [6.07, 6.45) is 4.24. The van der Waals surface area contributed by atoms with E-state index in [0.29, 0.717) is 0 Å². The van der Waals surface area contributed by atoms with Crippen LogP contribution in [-0.4, -0.2) is 0 Å². The minimum atomic E-state index is 0.861. The summed E-state index contributed by atoms with van der Waals surface area (Å²) in [6.45, 7) is 0. The predicted octanol–water partition coefficient (Wildman–Crippen LogP) is 5.36. The number of rotatable bonds is 0. The highest BCUT2D eigenvalue weighted by Crippen LogP contribution is 2.58. The van der Waals surface area contributed by atoms with E-state index in [2.05, 4.69) is 48.5 Å². The van der Waals surface area contributed by atoms with E-state index in [1.807, 2.05) is 0 Å². The van der Waals surface area contributed by atoms with Gasteiger partial charge in [-0.3, -0.25) is 0 Å². The van der Waals surface area contributed by atoms with Gasteiger partial charge in [0.25, 0.3) is 0 Å². The van der Waals surface area contributed by atoms with Gasteiger partial charge in [-0.05, 0) is 57.3 Å². The summed E-state index contributed by atoms with van der Waals surface area (Å²) in [5.74, 6) is 1.74. The summed E-state index contributed by atoms with van der Waals surface area (Å²) in [5.41, 5.74) is 3.32. The molecule has 0 heteroatoms. The normalized spacial score (nSPS) is 24.2. The zero-order valence-corrected chi connectivity index (χ0v) is 10.9. The van der Waals surface area contributed by atoms with Crippen LogP contribution >= 0.6 is 0 Å². The summed E-state index contributed by atoms with van der Waals surface area (Å²) in [7, 11) is 0. The molecule has 92 valence electrons. The fourth-order valence-electron chi connectivity index (χ4n) is 4.45. The Kier molecular flexibility index (Phi) is 1.79. The van der Waals surface area contributed by atoms with Crippen LogP contribution in [-0.2, 0) is 0 Å². The van der Waals surface area contributed by atoms with Crippen molar-refractivity contribution >= 4 is 21.5 Å². The van der Waals surface area contributed by atoms with Gasteiger partial charge in [-0.15, -0.1) is 0 Å². The fourth-order valence-corrected chi connectivity index (χ4v) is 4.45. The molecule has 0 amide bonds. The van der Waals surface area contributed by atoms with Gasteiger partial charge in [0.15, 0.2) is 0 Å². The largest absolute Gasteiger partial charge is 0.0616 e. The molecule has 0 N–H and O–H groups in total. The lowest BCUT2D eigenvalue weighted by molar-refractivity contribution is 0.548. The average molecular weight is 244 g/mol. The SMILES string of the molecule is c1ccc2c(c1)ccc1c3c(ccc12)C1CCCC31. The van der Waals surface area contributed by atoms with Crippen LogP contribution in [0.2, 0.25) is 0 Å². The minimum Gasteiger partial charge on any atom is -0.0616 e. The monoisotopic (exact) mass is 244 g/mol. The third kappa shape index (κ3) is 1.15. The Hall–Kier alpha value is -1.82. The summed E-state index contributed by atoms with van der Waals surface area (Å²) in [4.78, 5) is 0. The predicted molar refractivity (Wildman–Crippen MR) is 80.8 cm³/mol. The van der Waals surface area contributed by atoms with Gasteiger partial charge in [0.05, 0.1) is 0 Å². The third-order valence-electron chi connectivity index (χ3n) is 5.29. The van der Waals surface area contributed by atoms with Crippen LogP contribution in [0.1, 0.15) is 42.2 Å². The van der Waals surface area contributed by atoms with Crippen LogP contribution in [0.15, 0.2) is 48.5 Å². The van der Waals surface area contributed by atoms with Crippen molar-refractivity contribution in [2.24, 2.45) is 0 Å². The number of hydrogen-bond acceptors (Lipinski definition) is 0. The van der Waals surface area contributed by atoms with Crippen LogP contribution in [0, 0.1) is 0 Å². The minimum absolute atomic E-state index is 0.861. The van der Waals surface area contributed by atoms with E-state index in [0.717, 1.165) is 11.8 Å². The highest BCUT2D eigenvalue weighted by atomic mass is 14.4. The lowest BCUT2D eigenvalue weighted by Gasteiger charge is -2.36. The van der Waals surface area contributed by atoms with Crippen LogP contribution < -0.4 is 0 Å². The van der Waals surface area contributed by atoms with Gasteiger partial charge in [-0.1, -0.05) is 55.0 Å². The molecule has 0 radical (unpaired) electrons. The first-order valence-electron chi connectivity index (χ1n) is 7.38. The van der Waals surface area contributed by atoms with Crippen LogP contribution in [0.4, 0.5) is 0 Å².